The second-order valence-electron chi connectivity index (χ2n) is 4.96. The maximum atomic E-state index is 11.9. The Morgan fingerprint density at radius 2 is 1.35 bits per heavy atom. The summed E-state index contributed by atoms with van der Waals surface area (Å²) < 4.78 is 64.0. The molecule has 130 valence electrons. The molecule has 14 heteroatoms. The van der Waals surface area contributed by atoms with Crippen LogP contribution < -0.4 is 11.1 Å². The van der Waals surface area contributed by atoms with E-state index in [9.17, 15) is 35.5 Å². The normalized spacial score (nSPS) is 13.6. The summed E-state index contributed by atoms with van der Waals surface area (Å²) in [6.07, 6.45) is 0. The molecule has 0 atom stereocenters. The summed E-state index contributed by atoms with van der Waals surface area (Å²) in [4.78, 5) is 22.3. The molecule has 5 N–H and O–H groups in total. The first-order valence-corrected chi connectivity index (χ1v) is 9.00. The van der Waals surface area contributed by atoms with Gasteiger partial charge in [0.1, 0.15) is 4.90 Å². The first-order chi connectivity index (χ1) is 10.9. The van der Waals surface area contributed by atoms with E-state index in [0.717, 1.165) is 18.2 Å². The Balaban J connectivity index is 0.00000169. The molecule has 1 aliphatic heterocycles. The molecular weight excluding hydrogens is 442 g/mol. The Morgan fingerprint density at radius 3 is 1.81 bits per heavy atom. The molecule has 0 saturated carbocycles. The molecule has 3 rings (SSSR count). The average molecular weight is 453 g/mol. The van der Waals surface area contributed by atoms with E-state index in [1.165, 1.54) is 0 Å². The number of nitrogens with one attached hydrogen (secondary N) is 1. The minimum absolute atomic E-state index is 0. The van der Waals surface area contributed by atoms with Gasteiger partial charge in [-0.15, -0.1) is 0 Å². The van der Waals surface area contributed by atoms with Crippen molar-refractivity contribution in [2.24, 2.45) is 0 Å². The van der Waals surface area contributed by atoms with Crippen molar-refractivity contribution in [3.8, 4) is 0 Å². The summed E-state index contributed by atoms with van der Waals surface area (Å²) in [6, 6.07) is 2.43. The van der Waals surface area contributed by atoms with Crippen molar-refractivity contribution in [2.45, 2.75) is 9.79 Å². The molecule has 0 unspecified atom stereocenters. The zero-order chi connectivity index (χ0) is 18.0. The van der Waals surface area contributed by atoms with Crippen LogP contribution in [0.5, 0.6) is 0 Å². The summed E-state index contributed by atoms with van der Waals surface area (Å²) in [6.45, 7) is 0. The van der Waals surface area contributed by atoms with Gasteiger partial charge in [-0.25, -0.2) is 0 Å². The van der Waals surface area contributed by atoms with Crippen molar-refractivity contribution in [3.05, 3.63) is 29.3 Å². The number of rotatable bonds is 2. The van der Waals surface area contributed by atoms with E-state index in [1.807, 2.05) is 5.32 Å². The third-order valence-electron chi connectivity index (χ3n) is 3.50. The minimum atomic E-state index is -4.83. The third kappa shape index (κ3) is 4.33. The van der Waals surface area contributed by atoms with Crippen molar-refractivity contribution in [3.63, 3.8) is 0 Å². The number of hydrogen-bond acceptors (Lipinski definition) is 7. The number of hydrogen-bond donors (Lipinski definition) is 4. The zero-order valence-corrected chi connectivity index (χ0v) is 13.1. The van der Waals surface area contributed by atoms with Crippen LogP contribution in [0.25, 0.3) is 10.8 Å². The van der Waals surface area contributed by atoms with Crippen LogP contribution in [0.4, 0.5) is 5.69 Å². The summed E-state index contributed by atoms with van der Waals surface area (Å²) in [5, 5.41) is 1.53. The van der Waals surface area contributed by atoms with Gasteiger partial charge in [-0.2, -0.15) is 16.8 Å². The van der Waals surface area contributed by atoms with Crippen LogP contribution in [-0.2, 0) is 20.2 Å². The maximum absolute atomic E-state index is 11.9. The van der Waals surface area contributed by atoms with Crippen LogP contribution in [-0.4, -0.2) is 141 Å². The van der Waals surface area contributed by atoms with E-state index < -0.39 is 47.5 Å². The first-order valence-electron chi connectivity index (χ1n) is 6.12. The predicted molar refractivity (Wildman–Crippen MR) is 94.1 cm³/mol. The first kappa shape index (κ1) is 24.8. The predicted octanol–water partition coefficient (Wildman–Crippen LogP) is -1.50. The Bertz CT molecular complexity index is 1160. The number of nitrogens with two attached hydrogens (primary N) is 1. The van der Waals surface area contributed by atoms with Crippen molar-refractivity contribution in [1.29, 1.82) is 0 Å². The van der Waals surface area contributed by atoms with Gasteiger partial charge in [0.2, 0.25) is 0 Å². The van der Waals surface area contributed by atoms with Crippen LogP contribution in [0.1, 0.15) is 20.7 Å². The standard InChI is InChI=1S/C12H8N2O8S2.2K.2H/c13-10-5-1-4(23(17,18)19)2-6-9(5)7(12(16)14-11(6)15)3-8(10)24(20,21)22;;;;/h1-3H,13H2,(H,14,15,16)(H,17,18,19)(H,20,21,22);;;;. The van der Waals surface area contributed by atoms with Crippen LogP contribution >= 0.6 is 0 Å². The van der Waals surface area contributed by atoms with Crippen LogP contribution in [0.2, 0.25) is 0 Å². The molecule has 2 amide bonds. The Morgan fingerprint density at radius 1 is 0.846 bits per heavy atom. The van der Waals surface area contributed by atoms with Gasteiger partial charge in [0, 0.05) is 21.9 Å². The molecule has 26 heavy (non-hydrogen) atoms. The van der Waals surface area contributed by atoms with Gasteiger partial charge in [0.05, 0.1) is 10.6 Å². The SMILES string of the molecule is Nc1c(S(=O)(=O)O)cc2c3c(cc(S(=O)(=O)O)cc13)C(=O)NC2=O.[KH].[KH]. The fraction of sp³-hybridized carbons (Fsp3) is 0. The summed E-state index contributed by atoms with van der Waals surface area (Å²) >= 11 is 0. The molecule has 1 heterocycles. The van der Waals surface area contributed by atoms with E-state index >= 15 is 0 Å². The molecule has 0 bridgehead atoms. The van der Waals surface area contributed by atoms with Gasteiger partial charge in [-0.1, -0.05) is 0 Å². The van der Waals surface area contributed by atoms with Crippen molar-refractivity contribution >= 4 is 151 Å². The number of carbonyl (C=O) groups is 2. The number of amides is 2. The van der Waals surface area contributed by atoms with E-state index in [2.05, 4.69) is 0 Å². The van der Waals surface area contributed by atoms with Gasteiger partial charge in [0.25, 0.3) is 32.1 Å². The molecule has 10 nitrogen and oxygen atoms in total. The average Bonchev–Trinajstić information content (AvgIpc) is 2.43. The zero-order valence-electron chi connectivity index (χ0n) is 11.5. The van der Waals surface area contributed by atoms with E-state index in [-0.39, 0.29) is 125 Å². The van der Waals surface area contributed by atoms with E-state index in [0.29, 0.717) is 0 Å². The second kappa shape index (κ2) is 8.23. The molecule has 2 aromatic carbocycles. The number of nitrogen functional groups attached to an aromatic ring is 1. The quantitative estimate of drug-likeness (QED) is 0.182. The van der Waals surface area contributed by atoms with Crippen LogP contribution in [0, 0.1) is 0 Å². The molecule has 2 aromatic rings. The van der Waals surface area contributed by atoms with Gasteiger partial charge < -0.3 is 5.73 Å². The van der Waals surface area contributed by atoms with E-state index in [4.69, 9.17) is 5.73 Å². The van der Waals surface area contributed by atoms with Gasteiger partial charge in [-0.05, 0) is 18.2 Å². The molecule has 0 spiro atoms. The van der Waals surface area contributed by atoms with Crippen molar-refractivity contribution in [2.75, 3.05) is 5.73 Å². The van der Waals surface area contributed by atoms with Crippen LogP contribution in [0.3, 0.4) is 0 Å². The Labute approximate surface area is 232 Å². The topological polar surface area (TPSA) is 181 Å². The summed E-state index contributed by atoms with van der Waals surface area (Å²) in [7, 11) is -9.58. The van der Waals surface area contributed by atoms with Crippen LogP contribution in [0.15, 0.2) is 28.0 Å². The fourth-order valence-electron chi connectivity index (χ4n) is 2.49. The van der Waals surface area contributed by atoms with Crippen molar-refractivity contribution < 1.29 is 35.5 Å². The summed E-state index contributed by atoms with van der Waals surface area (Å²) in [5.41, 5.74) is 4.52. The molecule has 0 saturated heterocycles. The van der Waals surface area contributed by atoms with E-state index in [1.54, 1.807) is 0 Å². The Hall–Kier alpha value is 0.733. The molecule has 0 aromatic heterocycles. The number of carbonyl (C=O) groups excluding carboxylic acids is 2. The molecular formula is C12H10K2N2O8S2. The molecule has 0 aliphatic carbocycles. The summed E-state index contributed by atoms with van der Waals surface area (Å²) in [5.74, 6) is -1.89. The third-order valence-corrected chi connectivity index (χ3v) is 5.23. The fourth-order valence-corrected chi connectivity index (χ4v) is 3.68. The molecule has 0 fully saturated rings. The monoisotopic (exact) mass is 452 g/mol. The van der Waals surface area contributed by atoms with Gasteiger partial charge in [0.15, 0.2) is 0 Å². The van der Waals surface area contributed by atoms with Gasteiger partial charge in [-0.3, -0.25) is 24.0 Å². The number of anilines is 1. The van der Waals surface area contributed by atoms with Crippen molar-refractivity contribution in [1.82, 2.24) is 5.32 Å². The van der Waals surface area contributed by atoms with Gasteiger partial charge >= 0.3 is 103 Å². The molecule has 1 aliphatic rings. The number of imide groups is 1. The molecule has 0 radical (unpaired) electrons. The Kier molecular flexibility index (Phi) is 7.84. The second-order valence-corrected chi connectivity index (χ2v) is 7.77. The number of benzene rings is 2.